The minimum atomic E-state index is -0.508. The molecule has 0 saturated heterocycles. The van der Waals surface area contributed by atoms with Crippen molar-refractivity contribution in [3.05, 3.63) is 59.5 Å². The molecule has 4 N–H and O–H groups in total. The zero-order valence-corrected chi connectivity index (χ0v) is 17.5. The SMILES string of the molecule is NC(=O)CCCCCC(=O)N(c1nc(-c2ccc(F)cc2)cs1)c1ccc(F)cc1N. The van der Waals surface area contributed by atoms with E-state index in [1.165, 1.54) is 40.5 Å². The Hall–Kier alpha value is -3.33. The van der Waals surface area contributed by atoms with Crippen LogP contribution in [0, 0.1) is 11.6 Å². The fourth-order valence-corrected chi connectivity index (χ4v) is 3.92. The summed E-state index contributed by atoms with van der Waals surface area (Å²) in [6, 6.07) is 9.69. The number of benzene rings is 2. The maximum atomic E-state index is 13.6. The summed E-state index contributed by atoms with van der Waals surface area (Å²) in [5, 5.41) is 2.13. The molecule has 31 heavy (non-hydrogen) atoms. The molecule has 0 bridgehead atoms. The van der Waals surface area contributed by atoms with E-state index in [0.717, 1.165) is 6.07 Å². The molecule has 1 heterocycles. The highest BCUT2D eigenvalue weighted by Gasteiger charge is 2.23. The molecular weight excluding hydrogens is 422 g/mol. The van der Waals surface area contributed by atoms with Crippen LogP contribution in [0.1, 0.15) is 32.1 Å². The fraction of sp³-hybridized carbons (Fsp3) is 0.227. The number of thiazole rings is 1. The smallest absolute Gasteiger partial charge is 0.233 e. The van der Waals surface area contributed by atoms with Crippen LogP contribution in [0.4, 0.5) is 25.3 Å². The molecule has 0 atom stereocenters. The Morgan fingerprint density at radius 2 is 1.65 bits per heavy atom. The molecule has 3 rings (SSSR count). The van der Waals surface area contributed by atoms with E-state index < -0.39 is 5.82 Å². The first-order chi connectivity index (χ1) is 14.8. The zero-order chi connectivity index (χ0) is 22.4. The van der Waals surface area contributed by atoms with E-state index >= 15 is 0 Å². The number of nitrogens with two attached hydrogens (primary N) is 2. The number of nitrogen functional groups attached to an aromatic ring is 1. The van der Waals surface area contributed by atoms with Crippen LogP contribution in [0.25, 0.3) is 11.3 Å². The standard InChI is InChI=1S/C22H22F2N4O2S/c23-15-8-6-14(7-9-15)18-13-31-22(27-18)28(19-11-10-16(24)12-17(19)25)21(30)5-3-1-2-4-20(26)29/h6-13H,1-5,25H2,(H2,26,29). The molecule has 6 nitrogen and oxygen atoms in total. The van der Waals surface area contributed by atoms with Crippen LogP contribution in [0.5, 0.6) is 0 Å². The molecule has 2 aromatic carbocycles. The van der Waals surface area contributed by atoms with Gasteiger partial charge in [-0.15, -0.1) is 11.3 Å². The number of carbonyl (C=O) groups excluding carboxylic acids is 2. The van der Waals surface area contributed by atoms with Gasteiger partial charge in [0.15, 0.2) is 5.13 Å². The number of primary amides is 1. The Morgan fingerprint density at radius 3 is 2.32 bits per heavy atom. The van der Waals surface area contributed by atoms with Gasteiger partial charge in [0.05, 0.1) is 17.1 Å². The summed E-state index contributed by atoms with van der Waals surface area (Å²) in [5.41, 5.74) is 12.9. The molecule has 162 valence electrons. The minimum Gasteiger partial charge on any atom is -0.397 e. The van der Waals surface area contributed by atoms with Gasteiger partial charge in [0.2, 0.25) is 11.8 Å². The van der Waals surface area contributed by atoms with Gasteiger partial charge in [0.1, 0.15) is 11.6 Å². The molecular formula is C22H22F2N4O2S. The average Bonchev–Trinajstić information content (AvgIpc) is 3.19. The second-order valence-electron chi connectivity index (χ2n) is 6.98. The van der Waals surface area contributed by atoms with Gasteiger partial charge in [0.25, 0.3) is 0 Å². The van der Waals surface area contributed by atoms with E-state index in [4.69, 9.17) is 11.5 Å². The molecule has 1 aromatic heterocycles. The van der Waals surface area contributed by atoms with Crippen molar-refractivity contribution in [2.75, 3.05) is 10.6 Å². The monoisotopic (exact) mass is 444 g/mol. The lowest BCUT2D eigenvalue weighted by molar-refractivity contribution is -0.118. The normalized spacial score (nSPS) is 10.8. The summed E-state index contributed by atoms with van der Waals surface area (Å²) in [7, 11) is 0. The number of rotatable bonds is 9. The molecule has 2 amide bonds. The first-order valence-corrected chi connectivity index (χ1v) is 10.6. The second kappa shape index (κ2) is 10.1. The highest BCUT2D eigenvalue weighted by Crippen LogP contribution is 2.36. The van der Waals surface area contributed by atoms with Gasteiger partial charge in [-0.25, -0.2) is 13.8 Å². The molecule has 0 aliphatic heterocycles. The number of amides is 2. The quantitative estimate of drug-likeness (QED) is 0.366. The molecule has 0 spiro atoms. The fourth-order valence-electron chi connectivity index (χ4n) is 3.06. The van der Waals surface area contributed by atoms with Crippen molar-refractivity contribution in [1.82, 2.24) is 4.98 Å². The van der Waals surface area contributed by atoms with E-state index in [0.29, 0.717) is 41.3 Å². The third kappa shape index (κ3) is 5.85. The summed E-state index contributed by atoms with van der Waals surface area (Å²) in [6.07, 6.45) is 2.30. The summed E-state index contributed by atoms with van der Waals surface area (Å²) < 4.78 is 26.8. The van der Waals surface area contributed by atoms with Crippen LogP contribution in [-0.4, -0.2) is 16.8 Å². The van der Waals surface area contributed by atoms with Crippen molar-refractivity contribution >= 4 is 39.7 Å². The van der Waals surface area contributed by atoms with E-state index in [1.54, 1.807) is 17.5 Å². The Bertz CT molecular complexity index is 1070. The first-order valence-electron chi connectivity index (χ1n) is 9.73. The molecule has 0 aliphatic rings. The Morgan fingerprint density at radius 1 is 0.968 bits per heavy atom. The number of nitrogens with zero attached hydrogens (tertiary/aromatic N) is 2. The molecule has 0 aliphatic carbocycles. The Balaban J connectivity index is 1.85. The van der Waals surface area contributed by atoms with E-state index in [9.17, 15) is 18.4 Å². The van der Waals surface area contributed by atoms with Gasteiger partial charge in [-0.05, 0) is 55.3 Å². The predicted octanol–water partition coefficient (Wildman–Crippen LogP) is 4.77. The number of halogens is 2. The first kappa shape index (κ1) is 22.4. The van der Waals surface area contributed by atoms with Crippen molar-refractivity contribution in [3.63, 3.8) is 0 Å². The van der Waals surface area contributed by atoms with Crippen molar-refractivity contribution in [2.45, 2.75) is 32.1 Å². The Kier molecular flexibility index (Phi) is 7.30. The predicted molar refractivity (Wildman–Crippen MR) is 118 cm³/mol. The average molecular weight is 445 g/mol. The largest absolute Gasteiger partial charge is 0.397 e. The third-order valence-electron chi connectivity index (χ3n) is 4.62. The summed E-state index contributed by atoms with van der Waals surface area (Å²) in [5.74, 6) is -1.49. The lowest BCUT2D eigenvalue weighted by Crippen LogP contribution is -2.26. The van der Waals surface area contributed by atoms with Gasteiger partial charge in [-0.1, -0.05) is 6.42 Å². The van der Waals surface area contributed by atoms with Crippen LogP contribution >= 0.6 is 11.3 Å². The van der Waals surface area contributed by atoms with Gasteiger partial charge in [-0.2, -0.15) is 0 Å². The van der Waals surface area contributed by atoms with Gasteiger partial charge in [0, 0.05) is 23.8 Å². The number of unbranched alkanes of at least 4 members (excludes halogenated alkanes) is 2. The van der Waals surface area contributed by atoms with Gasteiger partial charge < -0.3 is 11.5 Å². The van der Waals surface area contributed by atoms with Crippen molar-refractivity contribution in [1.29, 1.82) is 0 Å². The number of hydrogen-bond donors (Lipinski definition) is 2. The van der Waals surface area contributed by atoms with Crippen LogP contribution in [-0.2, 0) is 9.59 Å². The van der Waals surface area contributed by atoms with Crippen LogP contribution in [0.2, 0.25) is 0 Å². The number of anilines is 3. The zero-order valence-electron chi connectivity index (χ0n) is 16.7. The Labute approximate surface area is 182 Å². The van der Waals surface area contributed by atoms with Crippen LogP contribution < -0.4 is 16.4 Å². The van der Waals surface area contributed by atoms with Gasteiger partial charge in [-0.3, -0.25) is 14.5 Å². The molecule has 0 radical (unpaired) electrons. The summed E-state index contributed by atoms with van der Waals surface area (Å²) >= 11 is 1.23. The molecule has 0 fully saturated rings. The molecule has 3 aromatic rings. The highest BCUT2D eigenvalue weighted by atomic mass is 32.1. The van der Waals surface area contributed by atoms with E-state index in [2.05, 4.69) is 4.98 Å². The summed E-state index contributed by atoms with van der Waals surface area (Å²) in [4.78, 5) is 29.8. The summed E-state index contributed by atoms with van der Waals surface area (Å²) in [6.45, 7) is 0. The van der Waals surface area contributed by atoms with Crippen LogP contribution in [0.15, 0.2) is 47.8 Å². The van der Waals surface area contributed by atoms with Crippen molar-refractivity contribution in [2.24, 2.45) is 5.73 Å². The van der Waals surface area contributed by atoms with Gasteiger partial charge >= 0.3 is 0 Å². The van der Waals surface area contributed by atoms with E-state index in [-0.39, 0.29) is 36.2 Å². The maximum absolute atomic E-state index is 13.6. The molecule has 0 unspecified atom stereocenters. The topological polar surface area (TPSA) is 102 Å². The highest BCUT2D eigenvalue weighted by molar-refractivity contribution is 7.14. The number of hydrogen-bond acceptors (Lipinski definition) is 5. The molecule has 9 heteroatoms. The van der Waals surface area contributed by atoms with E-state index in [1.807, 2.05) is 0 Å². The number of carbonyl (C=O) groups is 2. The van der Waals surface area contributed by atoms with Crippen LogP contribution in [0.3, 0.4) is 0 Å². The number of aromatic nitrogens is 1. The van der Waals surface area contributed by atoms with Crippen molar-refractivity contribution in [3.8, 4) is 11.3 Å². The minimum absolute atomic E-state index is 0.112. The molecule has 0 saturated carbocycles. The maximum Gasteiger partial charge on any atom is 0.233 e. The lowest BCUT2D eigenvalue weighted by atomic mass is 10.1. The lowest BCUT2D eigenvalue weighted by Gasteiger charge is -2.21. The second-order valence-corrected chi connectivity index (χ2v) is 7.82. The van der Waals surface area contributed by atoms with Crippen molar-refractivity contribution < 1.29 is 18.4 Å². The third-order valence-corrected chi connectivity index (χ3v) is 5.44.